The normalized spacial score (nSPS) is 11.8. The topological polar surface area (TPSA) is 67.4 Å². The van der Waals surface area contributed by atoms with Crippen molar-refractivity contribution in [1.82, 2.24) is 10.6 Å². The van der Waals surface area contributed by atoms with Gasteiger partial charge >= 0.3 is 6.09 Å². The molecule has 19 heavy (non-hydrogen) atoms. The second-order valence-corrected chi connectivity index (χ2v) is 4.55. The molecule has 0 aliphatic carbocycles. The van der Waals surface area contributed by atoms with Crippen LogP contribution in [0.15, 0.2) is 30.3 Å². The molecular formula is C14H20N2O3. The predicted octanol–water partition coefficient (Wildman–Crippen LogP) is 1.86. The summed E-state index contributed by atoms with van der Waals surface area (Å²) in [5.41, 5.74) is 1.05. The summed E-state index contributed by atoms with van der Waals surface area (Å²) in [5.74, 6) is 0.0115. The number of rotatable bonds is 5. The van der Waals surface area contributed by atoms with E-state index in [1.807, 2.05) is 44.2 Å². The Bertz CT molecular complexity index is 418. The average Bonchev–Trinajstić information content (AvgIpc) is 2.42. The number of carbonyl (C=O) groups excluding carboxylic acids is 2. The van der Waals surface area contributed by atoms with Crippen LogP contribution in [0.25, 0.3) is 0 Å². The first-order valence-electron chi connectivity index (χ1n) is 6.20. The first kappa shape index (κ1) is 15.0. The molecule has 2 amide bonds. The fourth-order valence-corrected chi connectivity index (χ4v) is 1.74. The van der Waals surface area contributed by atoms with E-state index in [0.29, 0.717) is 0 Å². The van der Waals surface area contributed by atoms with Crippen molar-refractivity contribution in [3.05, 3.63) is 35.9 Å². The van der Waals surface area contributed by atoms with Crippen molar-refractivity contribution < 1.29 is 14.3 Å². The first-order chi connectivity index (χ1) is 9.04. The molecule has 0 aliphatic rings. The summed E-state index contributed by atoms with van der Waals surface area (Å²) < 4.78 is 4.41. The Hall–Kier alpha value is -2.04. The summed E-state index contributed by atoms with van der Waals surface area (Å²) in [5, 5.41) is 5.26. The third kappa shape index (κ3) is 4.99. The number of alkyl carbamates (subject to hydrolysis) is 1. The Kier molecular flexibility index (Phi) is 5.85. The first-order valence-corrected chi connectivity index (χ1v) is 6.20. The lowest BCUT2D eigenvalue weighted by Gasteiger charge is -2.23. The molecule has 5 heteroatoms. The minimum atomic E-state index is -0.615. The number of hydrogen-bond acceptors (Lipinski definition) is 3. The van der Waals surface area contributed by atoms with Gasteiger partial charge in [-0.05, 0) is 11.5 Å². The molecule has 5 nitrogen and oxygen atoms in total. The predicted molar refractivity (Wildman–Crippen MR) is 72.6 cm³/mol. The number of methoxy groups -OCH3 is 1. The SMILES string of the molecule is COC(=O)NCC(=O)N[C@@H](c1ccccc1)C(C)C. The lowest BCUT2D eigenvalue weighted by Crippen LogP contribution is -2.40. The van der Waals surface area contributed by atoms with E-state index >= 15 is 0 Å². The van der Waals surface area contributed by atoms with Crippen molar-refractivity contribution in [2.75, 3.05) is 13.7 Å². The monoisotopic (exact) mass is 264 g/mol. The van der Waals surface area contributed by atoms with Gasteiger partial charge in [-0.25, -0.2) is 4.79 Å². The highest BCUT2D eigenvalue weighted by Gasteiger charge is 2.18. The molecular weight excluding hydrogens is 244 g/mol. The largest absolute Gasteiger partial charge is 0.453 e. The van der Waals surface area contributed by atoms with Gasteiger partial charge < -0.3 is 15.4 Å². The van der Waals surface area contributed by atoms with Gasteiger partial charge in [0.1, 0.15) is 6.54 Å². The Balaban J connectivity index is 2.60. The molecule has 0 heterocycles. The van der Waals surface area contributed by atoms with Crippen LogP contribution < -0.4 is 10.6 Å². The highest BCUT2D eigenvalue weighted by atomic mass is 16.5. The van der Waals surface area contributed by atoms with Crippen LogP contribution in [0.4, 0.5) is 4.79 Å². The van der Waals surface area contributed by atoms with Gasteiger partial charge in [-0.2, -0.15) is 0 Å². The Labute approximate surface area is 113 Å². The number of hydrogen-bond donors (Lipinski definition) is 2. The summed E-state index contributed by atoms with van der Waals surface area (Å²) in [7, 11) is 1.26. The Morgan fingerprint density at radius 3 is 2.37 bits per heavy atom. The van der Waals surface area contributed by atoms with Crippen molar-refractivity contribution >= 4 is 12.0 Å². The van der Waals surface area contributed by atoms with Gasteiger partial charge in [-0.1, -0.05) is 44.2 Å². The van der Waals surface area contributed by atoms with Gasteiger partial charge in [0.05, 0.1) is 13.2 Å². The van der Waals surface area contributed by atoms with E-state index in [9.17, 15) is 9.59 Å². The quantitative estimate of drug-likeness (QED) is 0.853. The smallest absolute Gasteiger partial charge is 0.407 e. The van der Waals surface area contributed by atoms with E-state index in [4.69, 9.17) is 0 Å². The maximum atomic E-state index is 11.8. The van der Waals surface area contributed by atoms with Crippen molar-refractivity contribution in [3.8, 4) is 0 Å². The maximum Gasteiger partial charge on any atom is 0.407 e. The number of carbonyl (C=O) groups is 2. The molecule has 0 aliphatic heterocycles. The minimum Gasteiger partial charge on any atom is -0.453 e. The van der Waals surface area contributed by atoms with Crippen LogP contribution >= 0.6 is 0 Å². The Morgan fingerprint density at radius 1 is 1.21 bits per heavy atom. The maximum absolute atomic E-state index is 11.8. The van der Waals surface area contributed by atoms with Gasteiger partial charge in [0.15, 0.2) is 0 Å². The third-order valence-electron chi connectivity index (χ3n) is 2.72. The molecule has 1 atom stereocenters. The van der Waals surface area contributed by atoms with E-state index in [1.54, 1.807) is 0 Å². The van der Waals surface area contributed by atoms with Gasteiger partial charge in [-0.3, -0.25) is 4.79 Å². The van der Waals surface area contributed by atoms with Crippen LogP contribution in [-0.2, 0) is 9.53 Å². The standard InChI is InChI=1S/C14H20N2O3/c1-10(2)13(11-7-5-4-6-8-11)16-12(17)9-15-14(18)19-3/h4-8,10,13H,9H2,1-3H3,(H,15,18)(H,16,17)/t13-/m1/s1. The fourth-order valence-electron chi connectivity index (χ4n) is 1.74. The van der Waals surface area contributed by atoms with Crippen molar-refractivity contribution in [1.29, 1.82) is 0 Å². The molecule has 0 spiro atoms. The van der Waals surface area contributed by atoms with Crippen molar-refractivity contribution in [2.24, 2.45) is 5.92 Å². The third-order valence-corrected chi connectivity index (χ3v) is 2.72. The molecule has 104 valence electrons. The number of nitrogens with one attached hydrogen (secondary N) is 2. The number of ether oxygens (including phenoxy) is 1. The van der Waals surface area contributed by atoms with Crippen LogP contribution in [0.1, 0.15) is 25.5 Å². The zero-order valence-corrected chi connectivity index (χ0v) is 11.5. The fraction of sp³-hybridized carbons (Fsp3) is 0.429. The van der Waals surface area contributed by atoms with Crippen LogP contribution in [0.3, 0.4) is 0 Å². The van der Waals surface area contributed by atoms with Crippen LogP contribution in [0.2, 0.25) is 0 Å². The zero-order chi connectivity index (χ0) is 14.3. The minimum absolute atomic E-state index is 0.0758. The molecule has 0 radical (unpaired) electrons. The molecule has 1 aromatic carbocycles. The molecule has 0 saturated carbocycles. The zero-order valence-electron chi connectivity index (χ0n) is 11.5. The average molecular weight is 264 g/mol. The van der Waals surface area contributed by atoms with Gasteiger partial charge in [0, 0.05) is 0 Å². The molecule has 1 rings (SSSR count). The van der Waals surface area contributed by atoms with E-state index in [2.05, 4.69) is 15.4 Å². The van der Waals surface area contributed by atoms with Crippen molar-refractivity contribution in [2.45, 2.75) is 19.9 Å². The molecule has 0 unspecified atom stereocenters. The van der Waals surface area contributed by atoms with Gasteiger partial charge in [-0.15, -0.1) is 0 Å². The van der Waals surface area contributed by atoms with Crippen LogP contribution in [-0.4, -0.2) is 25.7 Å². The highest BCUT2D eigenvalue weighted by molar-refractivity contribution is 5.82. The summed E-state index contributed by atoms with van der Waals surface area (Å²) >= 11 is 0. The number of benzene rings is 1. The van der Waals surface area contributed by atoms with E-state index in [1.165, 1.54) is 7.11 Å². The summed E-state index contributed by atoms with van der Waals surface area (Å²) in [4.78, 5) is 22.7. The van der Waals surface area contributed by atoms with Crippen LogP contribution in [0, 0.1) is 5.92 Å². The van der Waals surface area contributed by atoms with Crippen LogP contribution in [0.5, 0.6) is 0 Å². The summed E-state index contributed by atoms with van der Waals surface area (Å²) in [6.07, 6.45) is -0.615. The van der Waals surface area contributed by atoms with Gasteiger partial charge in [0.2, 0.25) is 5.91 Å². The Morgan fingerprint density at radius 2 is 1.84 bits per heavy atom. The second-order valence-electron chi connectivity index (χ2n) is 4.55. The summed E-state index contributed by atoms with van der Waals surface area (Å²) in [6.45, 7) is 3.97. The van der Waals surface area contributed by atoms with E-state index in [0.717, 1.165) is 5.56 Å². The van der Waals surface area contributed by atoms with Crippen molar-refractivity contribution in [3.63, 3.8) is 0 Å². The molecule has 0 saturated heterocycles. The molecule has 0 aromatic heterocycles. The molecule has 0 fully saturated rings. The number of amides is 2. The molecule has 2 N–H and O–H groups in total. The van der Waals surface area contributed by atoms with E-state index < -0.39 is 6.09 Å². The molecule has 0 bridgehead atoms. The summed E-state index contributed by atoms with van der Waals surface area (Å²) in [6, 6.07) is 9.67. The lowest BCUT2D eigenvalue weighted by atomic mass is 9.96. The lowest BCUT2D eigenvalue weighted by molar-refractivity contribution is -0.121. The van der Waals surface area contributed by atoms with Gasteiger partial charge in [0.25, 0.3) is 0 Å². The van der Waals surface area contributed by atoms with E-state index in [-0.39, 0.29) is 24.4 Å². The second kappa shape index (κ2) is 7.41. The molecule has 1 aromatic rings. The highest BCUT2D eigenvalue weighted by Crippen LogP contribution is 2.20.